The SMILES string of the molecule is O=C(O)CSCCNC(=O)c1ccnc(OC2CCC2)c1. The predicted molar refractivity (Wildman–Crippen MR) is 79.8 cm³/mol. The molecule has 0 radical (unpaired) electrons. The third-order valence-electron chi connectivity index (χ3n) is 3.09. The normalized spacial score (nSPS) is 14.3. The average Bonchev–Trinajstić information content (AvgIpc) is 2.42. The fourth-order valence-corrected chi connectivity index (χ4v) is 2.34. The molecule has 0 aromatic carbocycles. The molecule has 1 heterocycles. The van der Waals surface area contributed by atoms with Crippen molar-refractivity contribution in [1.82, 2.24) is 10.3 Å². The number of rotatable bonds is 8. The lowest BCUT2D eigenvalue weighted by Gasteiger charge is -2.25. The van der Waals surface area contributed by atoms with Crippen molar-refractivity contribution in [3.05, 3.63) is 23.9 Å². The van der Waals surface area contributed by atoms with Gasteiger partial charge in [0.2, 0.25) is 5.88 Å². The maximum Gasteiger partial charge on any atom is 0.313 e. The zero-order valence-corrected chi connectivity index (χ0v) is 12.4. The molecule has 1 aliphatic rings. The van der Waals surface area contributed by atoms with E-state index < -0.39 is 5.97 Å². The number of hydrogen-bond acceptors (Lipinski definition) is 5. The fourth-order valence-electron chi connectivity index (χ4n) is 1.77. The zero-order chi connectivity index (χ0) is 15.1. The number of hydrogen-bond donors (Lipinski definition) is 2. The molecular weight excluding hydrogens is 292 g/mol. The van der Waals surface area contributed by atoms with Crippen molar-refractivity contribution in [3.8, 4) is 5.88 Å². The van der Waals surface area contributed by atoms with Gasteiger partial charge in [0, 0.05) is 30.1 Å². The van der Waals surface area contributed by atoms with Crippen molar-refractivity contribution in [1.29, 1.82) is 0 Å². The molecule has 1 aromatic rings. The number of carboxylic acid groups (broad SMARTS) is 1. The highest BCUT2D eigenvalue weighted by molar-refractivity contribution is 7.99. The van der Waals surface area contributed by atoms with E-state index in [4.69, 9.17) is 9.84 Å². The number of amides is 1. The Morgan fingerprint density at radius 2 is 2.29 bits per heavy atom. The number of thioether (sulfide) groups is 1. The minimum absolute atomic E-state index is 0.0461. The molecule has 0 atom stereocenters. The molecular formula is C14H18N2O4S. The number of carboxylic acids is 1. The first-order chi connectivity index (χ1) is 10.1. The highest BCUT2D eigenvalue weighted by Gasteiger charge is 2.20. The molecule has 7 heteroatoms. The molecule has 0 unspecified atom stereocenters. The average molecular weight is 310 g/mol. The van der Waals surface area contributed by atoms with Gasteiger partial charge in [-0.05, 0) is 25.3 Å². The van der Waals surface area contributed by atoms with E-state index in [2.05, 4.69) is 10.3 Å². The van der Waals surface area contributed by atoms with Crippen LogP contribution in [0.25, 0.3) is 0 Å². The molecule has 1 fully saturated rings. The lowest BCUT2D eigenvalue weighted by molar-refractivity contribution is -0.133. The van der Waals surface area contributed by atoms with E-state index in [9.17, 15) is 9.59 Å². The summed E-state index contributed by atoms with van der Waals surface area (Å²) < 4.78 is 5.65. The zero-order valence-electron chi connectivity index (χ0n) is 11.6. The molecule has 1 aromatic heterocycles. The molecule has 0 spiro atoms. The van der Waals surface area contributed by atoms with Gasteiger partial charge in [-0.3, -0.25) is 9.59 Å². The van der Waals surface area contributed by atoms with Crippen molar-refractivity contribution < 1.29 is 19.4 Å². The summed E-state index contributed by atoms with van der Waals surface area (Å²) in [7, 11) is 0. The van der Waals surface area contributed by atoms with Crippen molar-refractivity contribution in [3.63, 3.8) is 0 Å². The summed E-state index contributed by atoms with van der Waals surface area (Å²) >= 11 is 1.27. The number of pyridine rings is 1. The summed E-state index contributed by atoms with van der Waals surface area (Å²) in [5.41, 5.74) is 0.502. The second-order valence-corrected chi connectivity index (χ2v) is 5.86. The van der Waals surface area contributed by atoms with Gasteiger partial charge >= 0.3 is 5.97 Å². The van der Waals surface area contributed by atoms with Crippen molar-refractivity contribution in [2.24, 2.45) is 0 Å². The van der Waals surface area contributed by atoms with Gasteiger partial charge in [-0.25, -0.2) is 4.98 Å². The van der Waals surface area contributed by atoms with Crippen LogP contribution in [0.5, 0.6) is 5.88 Å². The number of aliphatic carboxylic acids is 1. The van der Waals surface area contributed by atoms with Crippen LogP contribution in [0.3, 0.4) is 0 Å². The van der Waals surface area contributed by atoms with Gasteiger partial charge in [0.15, 0.2) is 0 Å². The molecule has 1 amide bonds. The Balaban J connectivity index is 1.75. The molecule has 0 aliphatic heterocycles. The van der Waals surface area contributed by atoms with E-state index in [0.29, 0.717) is 23.7 Å². The second kappa shape index (κ2) is 7.87. The Hall–Kier alpha value is -1.76. The third kappa shape index (κ3) is 5.26. The molecule has 0 bridgehead atoms. The first-order valence-corrected chi connectivity index (χ1v) is 8.01. The van der Waals surface area contributed by atoms with Crippen molar-refractivity contribution >= 4 is 23.6 Å². The molecule has 21 heavy (non-hydrogen) atoms. The van der Waals surface area contributed by atoms with Gasteiger partial charge in [0.05, 0.1) is 5.75 Å². The molecule has 2 N–H and O–H groups in total. The quantitative estimate of drug-likeness (QED) is 0.708. The predicted octanol–water partition coefficient (Wildman–Crippen LogP) is 1.56. The smallest absolute Gasteiger partial charge is 0.313 e. The minimum atomic E-state index is -0.849. The van der Waals surface area contributed by atoms with Crippen LogP contribution in [-0.2, 0) is 4.79 Å². The van der Waals surface area contributed by atoms with Gasteiger partial charge in [-0.2, -0.15) is 0 Å². The van der Waals surface area contributed by atoms with Crippen LogP contribution in [-0.4, -0.2) is 46.1 Å². The lowest BCUT2D eigenvalue weighted by atomic mass is 9.96. The standard InChI is InChI=1S/C14H18N2O4S/c17-13(18)9-21-7-6-16-14(19)10-4-5-15-12(8-10)20-11-2-1-3-11/h4-5,8,11H,1-3,6-7,9H2,(H,16,19)(H,17,18). The molecule has 1 aliphatic carbocycles. The topological polar surface area (TPSA) is 88.5 Å². The Morgan fingerprint density at radius 3 is 2.95 bits per heavy atom. The Labute approximate surface area is 127 Å². The summed E-state index contributed by atoms with van der Waals surface area (Å²) in [6.07, 6.45) is 5.04. The van der Waals surface area contributed by atoms with E-state index in [1.54, 1.807) is 18.3 Å². The highest BCUT2D eigenvalue weighted by atomic mass is 32.2. The number of carbonyl (C=O) groups excluding carboxylic acids is 1. The van der Waals surface area contributed by atoms with Crippen LogP contribution in [0.15, 0.2) is 18.3 Å². The number of ether oxygens (including phenoxy) is 1. The Morgan fingerprint density at radius 1 is 1.48 bits per heavy atom. The van der Waals surface area contributed by atoms with Crippen LogP contribution < -0.4 is 10.1 Å². The van der Waals surface area contributed by atoms with Crippen LogP contribution in [0.4, 0.5) is 0 Å². The van der Waals surface area contributed by atoms with E-state index in [1.807, 2.05) is 0 Å². The minimum Gasteiger partial charge on any atom is -0.481 e. The number of nitrogens with zero attached hydrogens (tertiary/aromatic N) is 1. The van der Waals surface area contributed by atoms with Gasteiger partial charge in [-0.1, -0.05) is 0 Å². The maximum atomic E-state index is 11.9. The molecule has 6 nitrogen and oxygen atoms in total. The maximum absolute atomic E-state index is 11.9. The molecule has 114 valence electrons. The van der Waals surface area contributed by atoms with Gasteiger partial charge in [0.25, 0.3) is 5.91 Å². The van der Waals surface area contributed by atoms with Crippen molar-refractivity contribution in [2.45, 2.75) is 25.4 Å². The van der Waals surface area contributed by atoms with E-state index in [-0.39, 0.29) is 17.8 Å². The highest BCUT2D eigenvalue weighted by Crippen LogP contribution is 2.24. The first-order valence-electron chi connectivity index (χ1n) is 6.85. The van der Waals surface area contributed by atoms with E-state index in [0.717, 1.165) is 12.8 Å². The Bertz CT molecular complexity index is 506. The summed E-state index contributed by atoms with van der Waals surface area (Å²) in [5.74, 6) is 0.0385. The number of nitrogens with one attached hydrogen (secondary N) is 1. The fraction of sp³-hybridized carbons (Fsp3) is 0.500. The number of carbonyl (C=O) groups is 2. The van der Waals surface area contributed by atoms with E-state index >= 15 is 0 Å². The van der Waals surface area contributed by atoms with Crippen LogP contribution in [0.2, 0.25) is 0 Å². The van der Waals surface area contributed by atoms with Crippen LogP contribution >= 0.6 is 11.8 Å². The molecule has 1 saturated carbocycles. The van der Waals surface area contributed by atoms with Crippen LogP contribution in [0, 0.1) is 0 Å². The van der Waals surface area contributed by atoms with Gasteiger partial charge in [-0.15, -0.1) is 11.8 Å². The summed E-state index contributed by atoms with van der Waals surface area (Å²) in [6.45, 7) is 0.428. The van der Waals surface area contributed by atoms with Gasteiger partial charge in [0.1, 0.15) is 6.10 Å². The Kier molecular flexibility index (Phi) is 5.86. The summed E-state index contributed by atoms with van der Waals surface area (Å²) in [4.78, 5) is 26.4. The summed E-state index contributed by atoms with van der Waals surface area (Å²) in [5, 5.41) is 11.2. The van der Waals surface area contributed by atoms with E-state index in [1.165, 1.54) is 18.2 Å². The largest absolute Gasteiger partial charge is 0.481 e. The third-order valence-corrected chi connectivity index (χ3v) is 4.04. The van der Waals surface area contributed by atoms with Crippen molar-refractivity contribution in [2.75, 3.05) is 18.1 Å². The first kappa shape index (κ1) is 15.6. The monoisotopic (exact) mass is 310 g/mol. The second-order valence-electron chi connectivity index (χ2n) is 4.76. The molecule has 2 rings (SSSR count). The lowest BCUT2D eigenvalue weighted by Crippen LogP contribution is -2.27. The number of aromatic nitrogens is 1. The van der Waals surface area contributed by atoms with Crippen LogP contribution in [0.1, 0.15) is 29.6 Å². The van der Waals surface area contributed by atoms with Gasteiger partial charge < -0.3 is 15.2 Å². The molecule has 0 saturated heterocycles. The summed E-state index contributed by atoms with van der Waals surface area (Å²) in [6, 6.07) is 3.27.